The summed E-state index contributed by atoms with van der Waals surface area (Å²) in [7, 11) is 0. The van der Waals surface area contributed by atoms with E-state index >= 15 is 0 Å². The summed E-state index contributed by atoms with van der Waals surface area (Å²) in [5.74, 6) is -4.12. The van der Waals surface area contributed by atoms with Gasteiger partial charge in [-0.15, -0.1) is 0 Å². The van der Waals surface area contributed by atoms with Crippen LogP contribution in [0.4, 0.5) is 17.6 Å². The van der Waals surface area contributed by atoms with Crippen LogP contribution in [0.2, 0.25) is 0 Å². The van der Waals surface area contributed by atoms with Crippen molar-refractivity contribution in [2.75, 3.05) is 0 Å². The van der Waals surface area contributed by atoms with Gasteiger partial charge >= 0.3 is 0 Å². The maximum Gasteiger partial charge on any atom is 0.213 e. The van der Waals surface area contributed by atoms with Crippen molar-refractivity contribution in [1.82, 2.24) is 4.98 Å². The summed E-state index contributed by atoms with van der Waals surface area (Å²) in [6, 6.07) is 3.70. The molecule has 0 spiro atoms. The van der Waals surface area contributed by atoms with Crippen LogP contribution in [0.25, 0.3) is 0 Å². The second-order valence-electron chi connectivity index (χ2n) is 3.35. The van der Waals surface area contributed by atoms with Crippen molar-refractivity contribution in [3.05, 3.63) is 71.4 Å². The lowest BCUT2D eigenvalue weighted by molar-refractivity contribution is 0.490. The third-order valence-electron chi connectivity index (χ3n) is 2.09. The van der Waals surface area contributed by atoms with E-state index in [9.17, 15) is 17.6 Å². The monoisotopic (exact) mass is 240 g/mol. The highest BCUT2D eigenvalue weighted by molar-refractivity contribution is 5.37. The molecule has 0 bridgehead atoms. The van der Waals surface area contributed by atoms with E-state index in [0.717, 1.165) is 18.6 Å². The van der Waals surface area contributed by atoms with Crippen LogP contribution in [0.1, 0.15) is 11.1 Å². The third-order valence-corrected chi connectivity index (χ3v) is 2.09. The summed E-state index contributed by atoms with van der Waals surface area (Å²) >= 11 is 0. The van der Waals surface area contributed by atoms with Gasteiger partial charge in [0, 0.05) is 24.2 Å². The lowest BCUT2D eigenvalue weighted by Gasteiger charge is -2.04. The summed E-state index contributed by atoms with van der Waals surface area (Å²) in [6.45, 7) is 0. The number of halogens is 4. The average molecular weight is 240 g/mol. The highest BCUT2D eigenvalue weighted by Crippen LogP contribution is 2.19. The van der Waals surface area contributed by atoms with Gasteiger partial charge in [0.2, 0.25) is 5.95 Å². The Kier molecular flexibility index (Phi) is 3.08. The number of hydrogen-bond donors (Lipinski definition) is 0. The van der Waals surface area contributed by atoms with Gasteiger partial charge in [-0.1, -0.05) is 0 Å². The molecule has 0 amide bonds. The van der Waals surface area contributed by atoms with Crippen molar-refractivity contribution >= 4 is 0 Å². The van der Waals surface area contributed by atoms with Crippen molar-refractivity contribution in [1.29, 1.82) is 0 Å². The first-order valence-corrected chi connectivity index (χ1v) is 4.67. The van der Waals surface area contributed by atoms with E-state index in [4.69, 9.17) is 0 Å². The molecule has 0 atom stereocenters. The van der Waals surface area contributed by atoms with E-state index in [1.807, 2.05) is 0 Å². The van der Waals surface area contributed by atoms with Crippen LogP contribution < -0.4 is 0 Å². The van der Waals surface area contributed by atoms with Crippen molar-refractivity contribution in [2.45, 2.75) is 0 Å². The summed E-state index contributed by atoms with van der Waals surface area (Å²) in [4.78, 5) is 3.31. The Balaban J connectivity index is 2.36. The van der Waals surface area contributed by atoms with Crippen molar-refractivity contribution < 1.29 is 17.6 Å². The summed E-state index contributed by atoms with van der Waals surface area (Å²) in [6.07, 6.45) is 2.31. The Labute approximate surface area is 94.7 Å². The normalized spacial score (nSPS) is 10.6. The van der Waals surface area contributed by atoms with Crippen molar-refractivity contribution in [3.8, 4) is 0 Å². The molecule has 0 saturated carbocycles. The van der Waals surface area contributed by atoms with Gasteiger partial charge in [-0.05, 0) is 23.8 Å². The Morgan fingerprint density at radius 1 is 1.00 bits per heavy atom. The molecule has 0 saturated heterocycles. The van der Waals surface area contributed by atoms with Crippen LogP contribution in [0, 0.1) is 29.8 Å². The van der Waals surface area contributed by atoms with Gasteiger partial charge in [-0.25, -0.2) is 18.2 Å². The number of nitrogens with zero attached hydrogens (tertiary/aromatic N) is 1. The zero-order valence-corrected chi connectivity index (χ0v) is 8.42. The molecule has 2 rings (SSSR count). The van der Waals surface area contributed by atoms with Crippen LogP contribution in [-0.2, 0) is 0 Å². The standard InChI is InChI=1S/C12H6F4N/c13-9-5-8(12(16)10(14)6-9)3-7-1-2-17-11(15)4-7/h1-6H. The first kappa shape index (κ1) is 11.6. The summed E-state index contributed by atoms with van der Waals surface area (Å²) in [5, 5.41) is 0. The van der Waals surface area contributed by atoms with Crippen LogP contribution in [-0.4, -0.2) is 4.98 Å². The zero-order valence-electron chi connectivity index (χ0n) is 8.42. The molecule has 0 fully saturated rings. The molecule has 0 unspecified atom stereocenters. The van der Waals surface area contributed by atoms with E-state index in [0.29, 0.717) is 6.07 Å². The van der Waals surface area contributed by atoms with Gasteiger partial charge in [0.1, 0.15) is 5.82 Å². The second-order valence-corrected chi connectivity index (χ2v) is 3.35. The molecule has 5 heteroatoms. The largest absolute Gasteiger partial charge is 0.228 e. The van der Waals surface area contributed by atoms with Gasteiger partial charge in [-0.2, -0.15) is 4.39 Å². The lowest BCUT2D eigenvalue weighted by Crippen LogP contribution is -1.97. The van der Waals surface area contributed by atoms with Crippen LogP contribution >= 0.6 is 0 Å². The van der Waals surface area contributed by atoms with Gasteiger partial charge in [0.15, 0.2) is 11.6 Å². The van der Waals surface area contributed by atoms with E-state index < -0.39 is 23.4 Å². The van der Waals surface area contributed by atoms with Gasteiger partial charge in [0.05, 0.1) is 0 Å². The molecule has 1 aromatic carbocycles. The molecule has 1 nitrogen and oxygen atoms in total. The maximum atomic E-state index is 13.3. The minimum atomic E-state index is -1.29. The number of rotatable bonds is 2. The Morgan fingerprint density at radius 3 is 2.47 bits per heavy atom. The molecule has 0 aliphatic rings. The maximum absolute atomic E-state index is 13.3. The van der Waals surface area contributed by atoms with E-state index in [1.165, 1.54) is 12.3 Å². The second kappa shape index (κ2) is 4.53. The molecule has 17 heavy (non-hydrogen) atoms. The fourth-order valence-electron chi connectivity index (χ4n) is 1.37. The third kappa shape index (κ3) is 2.61. The molecule has 0 aliphatic carbocycles. The topological polar surface area (TPSA) is 12.9 Å². The Bertz CT molecular complexity index is 554. The molecule has 2 aromatic rings. The highest BCUT2D eigenvalue weighted by Gasteiger charge is 2.12. The van der Waals surface area contributed by atoms with E-state index in [-0.39, 0.29) is 11.1 Å². The number of aromatic nitrogens is 1. The predicted octanol–water partition coefficient (Wildman–Crippen LogP) is 3.24. The number of benzene rings is 1. The quantitative estimate of drug-likeness (QED) is 0.446. The van der Waals surface area contributed by atoms with Crippen LogP contribution in [0.5, 0.6) is 0 Å². The first-order valence-electron chi connectivity index (χ1n) is 4.67. The fourth-order valence-corrected chi connectivity index (χ4v) is 1.37. The molecule has 1 radical (unpaired) electrons. The fraction of sp³-hybridized carbons (Fsp3) is 0. The molecule has 0 N–H and O–H groups in total. The molecule has 0 aliphatic heterocycles. The van der Waals surface area contributed by atoms with E-state index in [1.54, 1.807) is 0 Å². The molecule has 1 aromatic heterocycles. The number of hydrogen-bond acceptors (Lipinski definition) is 1. The SMILES string of the molecule is Fc1cc(F)c(F)c([CH]c2ccnc(F)c2)c1. The average Bonchev–Trinajstić information content (AvgIpc) is 2.25. The van der Waals surface area contributed by atoms with Crippen LogP contribution in [0.15, 0.2) is 30.5 Å². The number of pyridine rings is 1. The van der Waals surface area contributed by atoms with Gasteiger partial charge in [-0.3, -0.25) is 0 Å². The van der Waals surface area contributed by atoms with Crippen molar-refractivity contribution in [2.24, 2.45) is 0 Å². The molecule has 1 heterocycles. The summed E-state index contributed by atoms with van der Waals surface area (Å²) in [5.41, 5.74) is -0.0190. The molecule has 87 valence electrons. The minimum absolute atomic E-state index is 0.265. The molecular weight excluding hydrogens is 234 g/mol. The van der Waals surface area contributed by atoms with Crippen molar-refractivity contribution in [3.63, 3.8) is 0 Å². The van der Waals surface area contributed by atoms with Gasteiger partial charge in [0.25, 0.3) is 0 Å². The smallest absolute Gasteiger partial charge is 0.213 e. The predicted molar refractivity (Wildman–Crippen MR) is 53.0 cm³/mol. The van der Waals surface area contributed by atoms with Gasteiger partial charge < -0.3 is 0 Å². The van der Waals surface area contributed by atoms with Crippen LogP contribution in [0.3, 0.4) is 0 Å². The Morgan fingerprint density at radius 2 is 1.76 bits per heavy atom. The zero-order chi connectivity index (χ0) is 12.4. The first-order chi connectivity index (χ1) is 8.06. The highest BCUT2D eigenvalue weighted by atomic mass is 19.2. The Hall–Kier alpha value is -1.91. The van der Waals surface area contributed by atoms with E-state index in [2.05, 4.69) is 4.98 Å². The minimum Gasteiger partial charge on any atom is -0.228 e. The summed E-state index contributed by atoms with van der Waals surface area (Å²) < 4.78 is 51.8. The lowest BCUT2D eigenvalue weighted by atomic mass is 10.1. The molecular formula is C12H6F4N.